The Labute approximate surface area is 712 Å². The number of alkyl carbamates (subject to hydrolysis) is 1. The predicted octanol–water partition coefficient (Wildman–Crippen LogP) is 6.52. The van der Waals surface area contributed by atoms with Gasteiger partial charge in [0.1, 0.15) is 53.5 Å². The first-order chi connectivity index (χ1) is 58.8. The number of nitrogens with zero attached hydrogens (tertiary/aromatic N) is 9. The SMILES string of the molecule is COC(=O)NC1C[C@@H]2CCC[C@@](O)(O2)C(=O)C(=O)N2CCCCC2C(=O)OC([C@H](N)CC2CCC(OCCCCc3cn(CCOCCOCCOCCOCCOCCOCCC(=O)NCCCCn4nc(-c5ccc6oc(N)nc6c5)c5c(N)ncnc54)nn3)[C@H](OC)C2)CC(=O)C(C)/C=C(\C)C(O)[C@@H](O)C(=O)C(C)CC(C)/C=C/C=C/C=C/1C. The molecule has 7 heterocycles. The van der Waals surface area contributed by atoms with Crippen LogP contribution < -0.4 is 27.8 Å². The number of Topliss-reactive ketones (excluding diaryl/α,β-unsaturated/α-hetero) is 3. The molecule has 1 aromatic carbocycles. The Morgan fingerprint density at radius 1 is 0.762 bits per heavy atom. The number of nitrogen functional groups attached to an aromatic ring is 2. The Balaban J connectivity index is 0.620. The number of cyclic esters (lactones) is 1. The summed E-state index contributed by atoms with van der Waals surface area (Å²) < 4.78 is 72.5. The van der Waals surface area contributed by atoms with Gasteiger partial charge in [-0.1, -0.05) is 68.0 Å². The Hall–Kier alpha value is -8.89. The van der Waals surface area contributed by atoms with Crippen molar-refractivity contribution in [3.8, 4) is 11.3 Å². The molecule has 1 saturated carbocycles. The summed E-state index contributed by atoms with van der Waals surface area (Å²) in [7, 11) is 2.86. The number of nitrogens with one attached hydrogen (secondary N) is 2. The number of rotatable bonds is 38. The monoisotopic (exact) mass is 1710 g/mol. The van der Waals surface area contributed by atoms with Gasteiger partial charge in [0.2, 0.25) is 11.7 Å². The summed E-state index contributed by atoms with van der Waals surface area (Å²) in [6, 6.07) is 2.69. The number of aliphatic hydroxyl groups excluding tert-OH is 2. The number of anilines is 2. The van der Waals surface area contributed by atoms with Gasteiger partial charge >= 0.3 is 12.1 Å². The van der Waals surface area contributed by atoms with Crippen LogP contribution in [0.5, 0.6) is 0 Å². The number of benzene rings is 1. The van der Waals surface area contributed by atoms with E-state index in [1.165, 1.54) is 26.4 Å². The number of amides is 3. The third-order valence-electron chi connectivity index (χ3n) is 22.6. The van der Waals surface area contributed by atoms with E-state index in [2.05, 4.69) is 35.9 Å². The molecule has 5 aromatic rings. The number of aliphatic hydroxyl groups is 3. The van der Waals surface area contributed by atoms with Gasteiger partial charge in [0.05, 0.1) is 128 Å². The summed E-state index contributed by atoms with van der Waals surface area (Å²) in [5.41, 5.74) is 24.0. The Morgan fingerprint density at radius 2 is 1.48 bits per heavy atom. The molecule has 3 aliphatic heterocycles. The number of unbranched alkanes of at least 4 members (excludes halogenated alkanes) is 2. The molecule has 122 heavy (non-hydrogen) atoms. The average molecular weight is 1710 g/mol. The van der Waals surface area contributed by atoms with E-state index >= 15 is 0 Å². The molecule has 11 N–H and O–H groups in total. The lowest BCUT2D eigenvalue weighted by Gasteiger charge is -2.40. The average Bonchev–Trinajstić information content (AvgIpc) is 1.60. The van der Waals surface area contributed by atoms with E-state index < -0.39 is 95.5 Å². The van der Waals surface area contributed by atoms with Crippen LogP contribution in [0.3, 0.4) is 0 Å². The maximum Gasteiger partial charge on any atom is 0.407 e. The zero-order valence-corrected chi connectivity index (χ0v) is 71.7. The van der Waals surface area contributed by atoms with Gasteiger partial charge in [-0.2, -0.15) is 10.1 Å². The van der Waals surface area contributed by atoms with E-state index in [1.54, 1.807) is 67.6 Å². The molecule has 14 atom stereocenters. The van der Waals surface area contributed by atoms with E-state index in [4.69, 9.17) is 78.8 Å². The lowest BCUT2D eigenvalue weighted by atomic mass is 9.80. The predicted molar refractivity (Wildman–Crippen MR) is 449 cm³/mol. The molecule has 3 amide bonds. The van der Waals surface area contributed by atoms with Crippen LogP contribution in [-0.2, 0) is 100 Å². The first-order valence-corrected chi connectivity index (χ1v) is 42.9. The summed E-state index contributed by atoms with van der Waals surface area (Å²) >= 11 is 0. The van der Waals surface area contributed by atoms with Crippen LogP contribution in [-0.4, -0.2) is 275 Å². The highest BCUT2D eigenvalue weighted by atomic mass is 16.6. The fraction of sp³-hybridized carbons (Fsp3) is 0.663. The van der Waals surface area contributed by atoms with Crippen molar-refractivity contribution in [3.63, 3.8) is 0 Å². The number of carbonyl (C=O) groups is 7. The van der Waals surface area contributed by atoms with Crippen LogP contribution >= 0.6 is 0 Å². The van der Waals surface area contributed by atoms with E-state index in [1.807, 2.05) is 31.3 Å². The Morgan fingerprint density at radius 3 is 2.20 bits per heavy atom. The minimum absolute atomic E-state index is 0.0110. The topological polar surface area (TPSA) is 487 Å². The molecule has 4 aliphatic rings. The second-order valence-electron chi connectivity index (χ2n) is 32.0. The van der Waals surface area contributed by atoms with Gasteiger partial charge in [0.25, 0.3) is 17.7 Å². The Bertz CT molecular complexity index is 4280. The molecule has 4 aromatic heterocycles. The van der Waals surface area contributed by atoms with Gasteiger partial charge in [-0.25, -0.2) is 28.9 Å². The molecule has 0 radical (unpaired) electrons. The van der Waals surface area contributed by atoms with Crippen molar-refractivity contribution in [1.29, 1.82) is 0 Å². The molecule has 2 bridgehead atoms. The molecule has 2 saturated heterocycles. The van der Waals surface area contributed by atoms with Crippen LogP contribution in [0.4, 0.5) is 16.6 Å². The second-order valence-corrected chi connectivity index (χ2v) is 32.0. The first-order valence-electron chi connectivity index (χ1n) is 42.9. The molecule has 9 rings (SSSR count). The summed E-state index contributed by atoms with van der Waals surface area (Å²) in [4.78, 5) is 110. The third kappa shape index (κ3) is 29.9. The highest BCUT2D eigenvalue weighted by Gasteiger charge is 2.50. The zero-order valence-electron chi connectivity index (χ0n) is 71.7. The van der Waals surface area contributed by atoms with Crippen LogP contribution in [0.15, 0.2) is 82.7 Å². The van der Waals surface area contributed by atoms with Gasteiger partial charge in [-0.3, -0.25) is 24.0 Å². The number of aromatic nitrogens is 8. The summed E-state index contributed by atoms with van der Waals surface area (Å²) in [6.45, 7) is 15.3. The number of hydrogen-bond acceptors (Lipinski definition) is 31. The van der Waals surface area contributed by atoms with Gasteiger partial charge in [0.15, 0.2) is 17.0 Å². The quantitative estimate of drug-likeness (QED) is 0.00902. The number of esters is 1. The zero-order chi connectivity index (χ0) is 87.5. The highest BCUT2D eigenvalue weighted by Crippen LogP contribution is 2.37. The van der Waals surface area contributed by atoms with Crippen molar-refractivity contribution >= 4 is 75.2 Å². The molecular weight excluding hydrogens is 1580 g/mol. The van der Waals surface area contributed by atoms with Crippen LogP contribution in [0.25, 0.3) is 33.4 Å². The van der Waals surface area contributed by atoms with Gasteiger partial charge in [-0.15, -0.1) is 5.10 Å². The Kier molecular flexibility index (Phi) is 39.9. The summed E-state index contributed by atoms with van der Waals surface area (Å²) in [5, 5.41) is 54.3. The smallest absolute Gasteiger partial charge is 0.407 e. The number of oxazole rings is 1. The molecule has 36 nitrogen and oxygen atoms in total. The van der Waals surface area contributed by atoms with Gasteiger partial charge in [0, 0.05) is 82.3 Å². The van der Waals surface area contributed by atoms with E-state index in [0.717, 1.165) is 41.8 Å². The lowest BCUT2D eigenvalue weighted by molar-refractivity contribution is -0.243. The fourth-order valence-electron chi connectivity index (χ4n) is 15.7. The minimum atomic E-state index is -2.55. The maximum absolute atomic E-state index is 14.7. The van der Waals surface area contributed by atoms with Crippen molar-refractivity contribution in [2.24, 2.45) is 29.4 Å². The largest absolute Gasteiger partial charge is 0.459 e. The van der Waals surface area contributed by atoms with Crippen molar-refractivity contribution in [3.05, 3.63) is 84.0 Å². The molecular formula is C86H128N14O22. The number of hydrogen-bond donors (Lipinski definition) is 8. The fourth-order valence-corrected chi connectivity index (χ4v) is 15.7. The third-order valence-corrected chi connectivity index (χ3v) is 22.6. The number of aryl methyl sites for hydroxylation is 2. The van der Waals surface area contributed by atoms with Gasteiger partial charge in [-0.05, 0) is 152 Å². The molecule has 36 heteroatoms. The number of ketones is 3. The van der Waals surface area contributed by atoms with Crippen LogP contribution in [0, 0.1) is 23.7 Å². The molecule has 0 spiro atoms. The number of piperidine rings is 1. The van der Waals surface area contributed by atoms with Crippen LogP contribution in [0.1, 0.15) is 156 Å². The maximum atomic E-state index is 14.7. The first kappa shape index (κ1) is 96.9. The summed E-state index contributed by atoms with van der Waals surface area (Å²) in [6.07, 6.45) is 14.9. The normalized spacial score (nSPS) is 26.4. The van der Waals surface area contributed by atoms with E-state index in [-0.39, 0.29) is 86.8 Å². The van der Waals surface area contributed by atoms with Crippen molar-refractivity contribution in [1.82, 2.24) is 55.3 Å². The molecule has 9 unspecified atom stereocenters. The number of ether oxygens (including phenoxy) is 11. The molecule has 674 valence electrons. The van der Waals surface area contributed by atoms with E-state index in [9.17, 15) is 48.9 Å². The van der Waals surface area contributed by atoms with Crippen LogP contribution in [0.2, 0.25) is 0 Å². The second kappa shape index (κ2) is 50.2. The van der Waals surface area contributed by atoms with E-state index in [0.29, 0.717) is 202 Å². The number of nitrogens with two attached hydrogens (primary N) is 3. The number of methoxy groups -OCH3 is 2. The number of fused-ring (bicyclic) bond motifs is 5. The minimum Gasteiger partial charge on any atom is -0.459 e. The standard InChI is InChI=1S/C86H128N14O22/c1-55-18-9-8-10-19-56(2)65(94-85(109)112-7)51-63-21-17-28-86(110,122-63)79(106)82(107)99-30-14-11-22-67(99)83(108)120-71(52-68(101)57(3)47-59(5)77(104)78(105)76(103)58(4)46-55)64(87)48-60-23-25-70(72(49-60)111-6)119-33-16-12-20-62-53-98(97-95-62)32-35-114-37-39-116-41-43-118-45-44-117-42-40-115-38-36-113-34-27-73(102)90-29-13-15-31-100-81-74(80(88)91-54-92-81)75(96-100)61-24-26-69-66(50-61)93-84(89)121-69/h8-10,18-19,24,26,47,50,53-55,57-58,60,63-65,67,70-72,77-78,104-105,110H,11-17,20-23,25,27-46,48-49,51-52,87H2,1-7H3,(H2,89,93)(H,90,102)(H,94,109)(H2,88,91,92)/b10-8+,18-9+,56-19+,59-47+/t55?,57?,58?,60?,63-,64+,65?,67?,70?,71?,72+,77?,78-,86+/m0/s1. The molecule has 1 aliphatic carbocycles. The number of allylic oxidation sites excluding steroid dienone is 6. The van der Waals surface area contributed by atoms with Crippen molar-refractivity contribution < 1.29 is 105 Å². The summed E-state index contributed by atoms with van der Waals surface area (Å²) in [5.74, 6) is -8.29. The van der Waals surface area contributed by atoms with Gasteiger partial charge < -0.3 is 105 Å². The number of carbonyl (C=O) groups excluding carboxylic acids is 7. The highest BCUT2D eigenvalue weighted by molar-refractivity contribution is 6.39. The van der Waals surface area contributed by atoms with Crippen molar-refractivity contribution in [2.45, 2.75) is 230 Å². The molecule has 3 fully saturated rings. The van der Waals surface area contributed by atoms with Crippen molar-refractivity contribution in [2.75, 3.05) is 125 Å². The lowest BCUT2D eigenvalue weighted by Crippen LogP contribution is -2.58.